The maximum Gasteiger partial charge on any atom is 0.131 e. The topological polar surface area (TPSA) is 21.1 Å². The van der Waals surface area contributed by atoms with Crippen molar-refractivity contribution < 1.29 is 0 Å². The average molecular weight is 296 g/mol. The van der Waals surface area contributed by atoms with Crippen LogP contribution in [0.25, 0.3) is 0 Å². The minimum Gasteiger partial charge on any atom is -0.292 e. The lowest BCUT2D eigenvalue weighted by Gasteiger charge is -2.33. The molecule has 2 aromatic rings. The van der Waals surface area contributed by atoms with Crippen molar-refractivity contribution in [2.75, 3.05) is 6.54 Å². The molecule has 1 aliphatic heterocycles. The Balaban J connectivity index is 1.85. The van der Waals surface area contributed by atoms with Gasteiger partial charge in [0.15, 0.2) is 0 Å². The van der Waals surface area contributed by atoms with Crippen LogP contribution >= 0.6 is 22.9 Å². The van der Waals surface area contributed by atoms with Crippen molar-refractivity contribution in [3.05, 3.63) is 38.3 Å². The van der Waals surface area contributed by atoms with Gasteiger partial charge < -0.3 is 0 Å². The number of halogens is 1. The lowest BCUT2D eigenvalue weighted by Crippen LogP contribution is -2.32. The van der Waals surface area contributed by atoms with Gasteiger partial charge in [0, 0.05) is 36.6 Å². The summed E-state index contributed by atoms with van der Waals surface area (Å²) in [6, 6.07) is 2.72. The molecule has 0 amide bonds. The summed E-state index contributed by atoms with van der Waals surface area (Å²) < 4.78 is 1.76. The van der Waals surface area contributed by atoms with Gasteiger partial charge in [0.1, 0.15) is 5.15 Å². The molecule has 0 aliphatic carbocycles. The van der Waals surface area contributed by atoms with E-state index in [1.54, 1.807) is 4.68 Å². The van der Waals surface area contributed by atoms with E-state index in [0.29, 0.717) is 6.04 Å². The molecule has 3 rings (SSSR count). The van der Waals surface area contributed by atoms with Gasteiger partial charge in [0.25, 0.3) is 0 Å². The molecule has 1 unspecified atom stereocenters. The van der Waals surface area contributed by atoms with E-state index in [1.807, 2.05) is 25.3 Å². The number of aryl methyl sites for hydroxylation is 2. The third-order valence-corrected chi connectivity index (χ3v) is 5.50. The van der Waals surface area contributed by atoms with Gasteiger partial charge in [-0.25, -0.2) is 0 Å². The van der Waals surface area contributed by atoms with Crippen LogP contribution in [0.5, 0.6) is 0 Å². The molecule has 5 heteroatoms. The zero-order valence-electron chi connectivity index (χ0n) is 11.5. The zero-order chi connectivity index (χ0) is 13.6. The molecule has 0 radical (unpaired) electrons. The second-order valence-electron chi connectivity index (χ2n) is 5.17. The van der Waals surface area contributed by atoms with Crippen molar-refractivity contribution in [3.63, 3.8) is 0 Å². The third-order valence-electron chi connectivity index (χ3n) is 4.03. The molecule has 1 atom stereocenters. The van der Waals surface area contributed by atoms with Gasteiger partial charge in [-0.05, 0) is 37.3 Å². The lowest BCUT2D eigenvalue weighted by atomic mass is 10.0. The van der Waals surface area contributed by atoms with Crippen LogP contribution in [0, 0.1) is 6.92 Å². The minimum atomic E-state index is 0.464. The third kappa shape index (κ3) is 2.22. The Labute approximate surface area is 122 Å². The first-order chi connectivity index (χ1) is 9.08. The van der Waals surface area contributed by atoms with Crippen LogP contribution in [-0.4, -0.2) is 21.2 Å². The number of fused-ring (bicyclic) bond motifs is 1. The highest BCUT2D eigenvalue weighted by Gasteiger charge is 2.26. The largest absolute Gasteiger partial charge is 0.292 e. The first-order valence-electron chi connectivity index (χ1n) is 6.56. The molecule has 0 bridgehead atoms. The molecule has 3 nitrogen and oxygen atoms in total. The van der Waals surface area contributed by atoms with E-state index in [9.17, 15) is 0 Å². The van der Waals surface area contributed by atoms with Crippen LogP contribution in [0.15, 0.2) is 11.4 Å². The monoisotopic (exact) mass is 295 g/mol. The predicted molar refractivity (Wildman–Crippen MR) is 79.8 cm³/mol. The van der Waals surface area contributed by atoms with Crippen molar-refractivity contribution >= 4 is 22.9 Å². The molecule has 0 saturated carbocycles. The number of rotatable bonds is 2. The Hall–Kier alpha value is -0.840. The van der Waals surface area contributed by atoms with Gasteiger partial charge in [-0.3, -0.25) is 9.58 Å². The fraction of sp³-hybridized carbons (Fsp3) is 0.500. The average Bonchev–Trinajstić information content (AvgIpc) is 2.93. The Morgan fingerprint density at radius 1 is 1.53 bits per heavy atom. The normalized spacial score (nSPS) is 19.7. The molecule has 3 heterocycles. The predicted octanol–water partition coefficient (Wildman–Crippen LogP) is 3.56. The van der Waals surface area contributed by atoms with Gasteiger partial charge >= 0.3 is 0 Å². The van der Waals surface area contributed by atoms with Crippen molar-refractivity contribution in [2.45, 2.75) is 32.9 Å². The van der Waals surface area contributed by atoms with E-state index in [1.165, 1.54) is 10.4 Å². The summed E-state index contributed by atoms with van der Waals surface area (Å²) in [5.41, 5.74) is 3.68. The SMILES string of the molecule is Cc1nn(C)c(Cl)c1CN1CCc2sccc2C1C. The summed E-state index contributed by atoms with van der Waals surface area (Å²) in [4.78, 5) is 4.03. The highest BCUT2D eigenvalue weighted by molar-refractivity contribution is 7.10. The maximum atomic E-state index is 6.34. The van der Waals surface area contributed by atoms with Crippen LogP contribution in [-0.2, 0) is 20.0 Å². The standard InChI is InChI=1S/C14H18ClN3S/c1-9-12(14(15)17(3)16-9)8-18-6-4-13-11(10(18)2)5-7-19-13/h5,7,10H,4,6,8H2,1-3H3. The zero-order valence-corrected chi connectivity index (χ0v) is 13.1. The number of aromatic nitrogens is 2. The number of nitrogens with zero attached hydrogens (tertiary/aromatic N) is 3. The van der Waals surface area contributed by atoms with Gasteiger partial charge in [-0.2, -0.15) is 5.10 Å². The van der Waals surface area contributed by atoms with Crippen LogP contribution in [0.3, 0.4) is 0 Å². The van der Waals surface area contributed by atoms with Crippen molar-refractivity contribution in [3.8, 4) is 0 Å². The second-order valence-corrected chi connectivity index (χ2v) is 6.53. The van der Waals surface area contributed by atoms with Crippen molar-refractivity contribution in [1.82, 2.24) is 14.7 Å². The van der Waals surface area contributed by atoms with Gasteiger partial charge in [0.2, 0.25) is 0 Å². The fourth-order valence-electron chi connectivity index (χ4n) is 2.83. The van der Waals surface area contributed by atoms with Crippen LogP contribution in [0.2, 0.25) is 5.15 Å². The Morgan fingerprint density at radius 2 is 2.32 bits per heavy atom. The van der Waals surface area contributed by atoms with Crippen molar-refractivity contribution in [2.24, 2.45) is 7.05 Å². The fourth-order valence-corrected chi connectivity index (χ4v) is 4.03. The summed E-state index contributed by atoms with van der Waals surface area (Å²) >= 11 is 8.21. The highest BCUT2D eigenvalue weighted by atomic mass is 35.5. The number of hydrogen-bond donors (Lipinski definition) is 0. The Kier molecular flexibility index (Phi) is 3.41. The quantitative estimate of drug-likeness (QED) is 0.845. The maximum absolute atomic E-state index is 6.34. The van der Waals surface area contributed by atoms with Crippen LogP contribution in [0.4, 0.5) is 0 Å². The summed E-state index contributed by atoms with van der Waals surface area (Å²) in [5.74, 6) is 0. The molecule has 2 aromatic heterocycles. The highest BCUT2D eigenvalue weighted by Crippen LogP contribution is 2.34. The van der Waals surface area contributed by atoms with E-state index < -0.39 is 0 Å². The molecular formula is C14H18ClN3S. The summed E-state index contributed by atoms with van der Waals surface area (Å²) in [6.07, 6.45) is 1.15. The molecule has 19 heavy (non-hydrogen) atoms. The second kappa shape index (κ2) is 4.93. The molecule has 0 aromatic carbocycles. The summed E-state index contributed by atoms with van der Waals surface area (Å²) in [5, 5.41) is 7.36. The molecule has 1 aliphatic rings. The summed E-state index contributed by atoms with van der Waals surface area (Å²) in [7, 11) is 1.90. The molecule has 0 N–H and O–H groups in total. The first kappa shape index (κ1) is 13.2. The van der Waals surface area contributed by atoms with E-state index in [0.717, 1.165) is 35.9 Å². The molecule has 0 saturated heterocycles. The first-order valence-corrected chi connectivity index (χ1v) is 7.82. The van der Waals surface area contributed by atoms with E-state index >= 15 is 0 Å². The van der Waals surface area contributed by atoms with E-state index in [4.69, 9.17) is 11.6 Å². The van der Waals surface area contributed by atoms with Crippen LogP contribution in [0.1, 0.15) is 34.7 Å². The Morgan fingerprint density at radius 3 is 3.00 bits per heavy atom. The molecular weight excluding hydrogens is 278 g/mol. The molecule has 0 spiro atoms. The van der Waals surface area contributed by atoms with Gasteiger partial charge in [-0.15, -0.1) is 11.3 Å². The summed E-state index contributed by atoms with van der Waals surface area (Å²) in [6.45, 7) is 6.30. The van der Waals surface area contributed by atoms with E-state index in [-0.39, 0.29) is 0 Å². The number of hydrogen-bond acceptors (Lipinski definition) is 3. The van der Waals surface area contributed by atoms with E-state index in [2.05, 4.69) is 28.4 Å². The number of thiophene rings is 1. The van der Waals surface area contributed by atoms with Gasteiger partial charge in [-0.1, -0.05) is 11.6 Å². The molecule has 0 fully saturated rings. The Bertz CT molecular complexity index is 602. The smallest absolute Gasteiger partial charge is 0.131 e. The molecule has 102 valence electrons. The van der Waals surface area contributed by atoms with Gasteiger partial charge in [0.05, 0.1) is 5.69 Å². The van der Waals surface area contributed by atoms with Crippen LogP contribution < -0.4 is 0 Å². The minimum absolute atomic E-state index is 0.464. The lowest BCUT2D eigenvalue weighted by molar-refractivity contribution is 0.191. The van der Waals surface area contributed by atoms with Crippen molar-refractivity contribution in [1.29, 1.82) is 0 Å².